The average molecular weight is 481 g/mol. The van der Waals surface area contributed by atoms with Crippen LogP contribution < -0.4 is 5.32 Å². The van der Waals surface area contributed by atoms with Gasteiger partial charge in [0.15, 0.2) is 0 Å². The molecule has 0 aliphatic carbocycles. The Labute approximate surface area is 204 Å². The molecular formula is C29H24N2O3S. The lowest BCUT2D eigenvalue weighted by molar-refractivity contribution is -0.116. The monoisotopic (exact) mass is 480 g/mol. The van der Waals surface area contributed by atoms with Crippen LogP contribution in [0.25, 0.3) is 10.9 Å². The lowest BCUT2D eigenvalue weighted by atomic mass is 9.88. The number of amides is 1. The van der Waals surface area contributed by atoms with Gasteiger partial charge in [-0.15, -0.1) is 0 Å². The summed E-state index contributed by atoms with van der Waals surface area (Å²) in [5.74, 6) is -0.482. The smallest absolute Gasteiger partial charge is 0.268 e. The van der Waals surface area contributed by atoms with Gasteiger partial charge in [-0.2, -0.15) is 0 Å². The third-order valence-corrected chi connectivity index (χ3v) is 7.72. The van der Waals surface area contributed by atoms with Gasteiger partial charge in [0.1, 0.15) is 0 Å². The van der Waals surface area contributed by atoms with Crippen molar-refractivity contribution in [1.29, 1.82) is 0 Å². The zero-order valence-electron chi connectivity index (χ0n) is 18.9. The van der Waals surface area contributed by atoms with E-state index in [1.54, 1.807) is 42.6 Å². The fourth-order valence-corrected chi connectivity index (χ4v) is 5.77. The maximum atomic E-state index is 13.6. The molecule has 1 atom stereocenters. The fraction of sp³-hybridized carbons (Fsp3) is 0.0690. The number of nitrogens with zero attached hydrogens (tertiary/aromatic N) is 1. The van der Waals surface area contributed by atoms with E-state index in [1.165, 1.54) is 3.97 Å². The Morgan fingerprint density at radius 3 is 2.00 bits per heavy atom. The average Bonchev–Trinajstić information content (AvgIpc) is 3.29. The fourth-order valence-electron chi connectivity index (χ4n) is 4.37. The van der Waals surface area contributed by atoms with Crippen molar-refractivity contribution in [3.8, 4) is 0 Å². The van der Waals surface area contributed by atoms with Gasteiger partial charge >= 0.3 is 0 Å². The third kappa shape index (κ3) is 4.61. The van der Waals surface area contributed by atoms with Crippen LogP contribution in [0, 0.1) is 0 Å². The Hall–Kier alpha value is -4.16. The molecule has 0 bridgehead atoms. The molecule has 0 radical (unpaired) electrons. The van der Waals surface area contributed by atoms with Crippen LogP contribution in [0.3, 0.4) is 0 Å². The number of carbonyl (C=O) groups excluding carboxylic acids is 1. The van der Waals surface area contributed by atoms with E-state index < -0.39 is 10.0 Å². The van der Waals surface area contributed by atoms with E-state index in [0.717, 1.165) is 22.2 Å². The molecule has 0 aliphatic heterocycles. The van der Waals surface area contributed by atoms with E-state index in [-0.39, 0.29) is 23.1 Å². The molecule has 0 aliphatic rings. The second-order valence-corrected chi connectivity index (χ2v) is 10.1. The van der Waals surface area contributed by atoms with E-state index in [0.29, 0.717) is 5.52 Å². The molecular weight excluding hydrogens is 456 g/mol. The van der Waals surface area contributed by atoms with Crippen molar-refractivity contribution in [1.82, 2.24) is 3.97 Å². The summed E-state index contributed by atoms with van der Waals surface area (Å²) in [5, 5.41) is 3.76. The van der Waals surface area contributed by atoms with Gasteiger partial charge in [-0.25, -0.2) is 12.4 Å². The maximum absolute atomic E-state index is 13.6. The van der Waals surface area contributed by atoms with Gasteiger partial charge < -0.3 is 5.32 Å². The van der Waals surface area contributed by atoms with Gasteiger partial charge in [0.05, 0.1) is 10.4 Å². The molecule has 4 aromatic carbocycles. The minimum absolute atomic E-state index is 0.146. The first-order valence-corrected chi connectivity index (χ1v) is 12.8. The van der Waals surface area contributed by atoms with E-state index in [1.807, 2.05) is 78.9 Å². The van der Waals surface area contributed by atoms with Crippen LogP contribution in [0.1, 0.15) is 23.5 Å². The summed E-state index contributed by atoms with van der Waals surface area (Å²) >= 11 is 0. The van der Waals surface area contributed by atoms with Crippen molar-refractivity contribution < 1.29 is 13.2 Å². The molecule has 35 heavy (non-hydrogen) atoms. The van der Waals surface area contributed by atoms with Crippen LogP contribution in [0.5, 0.6) is 0 Å². The van der Waals surface area contributed by atoms with Crippen LogP contribution in [0.2, 0.25) is 0 Å². The number of rotatable bonds is 7. The van der Waals surface area contributed by atoms with Crippen molar-refractivity contribution in [2.45, 2.75) is 17.2 Å². The Morgan fingerprint density at radius 1 is 0.743 bits per heavy atom. The zero-order valence-corrected chi connectivity index (χ0v) is 19.7. The largest absolute Gasteiger partial charge is 0.326 e. The van der Waals surface area contributed by atoms with E-state index in [4.69, 9.17) is 0 Å². The van der Waals surface area contributed by atoms with Gasteiger partial charge in [-0.1, -0.05) is 84.9 Å². The summed E-state index contributed by atoms with van der Waals surface area (Å²) in [6, 6.07) is 34.8. The number of aromatic nitrogens is 1. The predicted octanol–water partition coefficient (Wildman–Crippen LogP) is 6.04. The highest BCUT2D eigenvalue weighted by molar-refractivity contribution is 7.90. The molecule has 5 aromatic rings. The summed E-state index contributed by atoms with van der Waals surface area (Å²) in [5.41, 5.74) is 3.03. The number of benzene rings is 4. The number of carbonyl (C=O) groups is 1. The molecule has 174 valence electrons. The lowest BCUT2D eigenvalue weighted by Gasteiger charge is -2.17. The molecule has 5 rings (SSSR count). The molecule has 1 heterocycles. The second-order valence-electron chi connectivity index (χ2n) is 8.30. The summed E-state index contributed by atoms with van der Waals surface area (Å²) in [7, 11) is -3.82. The minimum atomic E-state index is -3.82. The molecule has 0 fully saturated rings. The van der Waals surface area contributed by atoms with Crippen LogP contribution in [-0.4, -0.2) is 18.3 Å². The van der Waals surface area contributed by atoms with Crippen LogP contribution in [0.4, 0.5) is 5.69 Å². The Balaban J connectivity index is 1.62. The summed E-state index contributed by atoms with van der Waals surface area (Å²) < 4.78 is 28.5. The second kappa shape index (κ2) is 9.60. The van der Waals surface area contributed by atoms with Gasteiger partial charge in [0, 0.05) is 29.6 Å². The Morgan fingerprint density at radius 2 is 1.31 bits per heavy atom. The van der Waals surface area contributed by atoms with Crippen LogP contribution in [-0.2, 0) is 14.8 Å². The summed E-state index contributed by atoms with van der Waals surface area (Å²) in [4.78, 5) is 13.3. The molecule has 1 amide bonds. The minimum Gasteiger partial charge on any atom is -0.326 e. The summed E-state index contributed by atoms with van der Waals surface area (Å²) in [6.07, 6.45) is 1.83. The number of para-hydroxylation sites is 2. The molecule has 0 saturated heterocycles. The van der Waals surface area contributed by atoms with Crippen molar-refractivity contribution in [2.24, 2.45) is 0 Å². The first kappa shape index (κ1) is 22.6. The standard InChI is InChI=1S/C29H24N2O3S/c32-29(30-23-14-6-2-7-15-23)20-26(22-12-4-1-5-13-22)27-21-31(28-19-11-10-18-25(27)28)35(33,34)24-16-8-3-9-17-24/h1-19,21,26H,20H2,(H,30,32). The number of hydrogen-bond donors (Lipinski definition) is 1. The van der Waals surface area contributed by atoms with E-state index >= 15 is 0 Å². The molecule has 0 spiro atoms. The number of nitrogens with one attached hydrogen (secondary N) is 1. The van der Waals surface area contributed by atoms with E-state index in [9.17, 15) is 13.2 Å². The summed E-state index contributed by atoms with van der Waals surface area (Å²) in [6.45, 7) is 0. The zero-order chi connectivity index (χ0) is 24.3. The molecule has 0 saturated carbocycles. The highest BCUT2D eigenvalue weighted by Gasteiger charge is 2.26. The number of hydrogen-bond acceptors (Lipinski definition) is 3. The normalized spacial score (nSPS) is 12.3. The number of fused-ring (bicyclic) bond motifs is 1. The van der Waals surface area contributed by atoms with Crippen molar-refractivity contribution in [3.63, 3.8) is 0 Å². The first-order chi connectivity index (χ1) is 17.0. The molecule has 1 unspecified atom stereocenters. The van der Waals surface area contributed by atoms with E-state index in [2.05, 4.69) is 5.32 Å². The van der Waals surface area contributed by atoms with Crippen molar-refractivity contribution >= 4 is 32.5 Å². The highest BCUT2D eigenvalue weighted by atomic mass is 32.2. The molecule has 5 nitrogen and oxygen atoms in total. The van der Waals surface area contributed by atoms with Gasteiger partial charge in [-0.05, 0) is 41.5 Å². The van der Waals surface area contributed by atoms with Crippen LogP contribution >= 0.6 is 0 Å². The maximum Gasteiger partial charge on any atom is 0.268 e. The molecule has 1 aromatic heterocycles. The Kier molecular flexibility index (Phi) is 6.21. The lowest BCUT2D eigenvalue weighted by Crippen LogP contribution is -2.16. The van der Waals surface area contributed by atoms with Gasteiger partial charge in [-0.3, -0.25) is 4.79 Å². The number of anilines is 1. The van der Waals surface area contributed by atoms with Gasteiger partial charge in [0.25, 0.3) is 10.0 Å². The quantitative estimate of drug-likeness (QED) is 0.309. The third-order valence-electron chi connectivity index (χ3n) is 6.03. The predicted molar refractivity (Wildman–Crippen MR) is 139 cm³/mol. The van der Waals surface area contributed by atoms with Crippen molar-refractivity contribution in [3.05, 3.63) is 133 Å². The molecule has 1 N–H and O–H groups in total. The SMILES string of the molecule is O=C(CC(c1ccccc1)c1cn(S(=O)(=O)c2ccccc2)c2ccccc12)Nc1ccccc1. The van der Waals surface area contributed by atoms with Gasteiger partial charge in [0.2, 0.25) is 5.91 Å². The van der Waals surface area contributed by atoms with Crippen LogP contribution in [0.15, 0.2) is 126 Å². The topological polar surface area (TPSA) is 68.2 Å². The Bertz CT molecular complexity index is 1560. The first-order valence-electron chi connectivity index (χ1n) is 11.3. The van der Waals surface area contributed by atoms with Crippen molar-refractivity contribution in [2.75, 3.05) is 5.32 Å². The highest BCUT2D eigenvalue weighted by Crippen LogP contribution is 2.36. The molecule has 6 heteroatoms.